The fourth-order valence-electron chi connectivity index (χ4n) is 4.59. The predicted octanol–water partition coefficient (Wildman–Crippen LogP) is 1.20. The van der Waals surface area contributed by atoms with Crippen LogP contribution in [0.1, 0.15) is 88.5 Å². The average Bonchev–Trinajstić information content (AvgIpc) is 2.90. The van der Waals surface area contributed by atoms with Crippen molar-refractivity contribution in [1.82, 2.24) is 26.6 Å². The monoisotopic (exact) mass is 658 g/mol. The lowest BCUT2D eigenvalue weighted by molar-refractivity contribution is -0.142. The van der Waals surface area contributed by atoms with Crippen LogP contribution in [0.15, 0.2) is 0 Å². The summed E-state index contributed by atoms with van der Waals surface area (Å²) in [5, 5.41) is 22.6. The summed E-state index contributed by atoms with van der Waals surface area (Å²) < 4.78 is 0. The lowest BCUT2D eigenvalue weighted by atomic mass is 9.97. The number of rotatable bonds is 20. The van der Waals surface area contributed by atoms with E-state index >= 15 is 0 Å². The van der Waals surface area contributed by atoms with Crippen LogP contribution in [0.25, 0.3) is 0 Å². The lowest BCUT2D eigenvalue weighted by Gasteiger charge is -2.29. The van der Waals surface area contributed by atoms with E-state index in [1.165, 1.54) is 0 Å². The van der Waals surface area contributed by atoms with Crippen LogP contribution in [0, 0.1) is 29.6 Å². The molecule has 0 aliphatic carbocycles. The van der Waals surface area contributed by atoms with Gasteiger partial charge in [0.05, 0.1) is 6.04 Å². The molecule has 0 saturated carbocycles. The molecule has 8 N–H and O–H groups in total. The Morgan fingerprint density at radius 2 is 0.867 bits per heavy atom. The number of carbonyl (C=O) groups excluding carboxylic acids is 5. The lowest BCUT2D eigenvalue weighted by Crippen LogP contribution is -2.60. The zero-order valence-corrected chi connectivity index (χ0v) is 29.5. The number of carboxylic acids is 1. The van der Waals surface area contributed by atoms with Crippen LogP contribution in [-0.4, -0.2) is 82.6 Å². The molecule has 13 nitrogen and oxygen atoms in total. The van der Waals surface area contributed by atoms with E-state index in [9.17, 15) is 33.9 Å². The summed E-state index contributed by atoms with van der Waals surface area (Å²) in [5.41, 5.74) is 6.02. The van der Waals surface area contributed by atoms with Gasteiger partial charge in [-0.25, -0.2) is 4.79 Å². The smallest absolute Gasteiger partial charge is 0.327 e. The van der Waals surface area contributed by atoms with Crippen molar-refractivity contribution in [3.63, 3.8) is 0 Å². The van der Waals surface area contributed by atoms with Crippen molar-refractivity contribution in [2.45, 2.75) is 125 Å². The van der Waals surface area contributed by atoms with Crippen molar-refractivity contribution in [2.75, 3.05) is 5.75 Å². The van der Waals surface area contributed by atoms with Crippen LogP contribution in [0.2, 0.25) is 0 Å². The van der Waals surface area contributed by atoms with E-state index < -0.39 is 77.7 Å². The van der Waals surface area contributed by atoms with Crippen LogP contribution in [0.5, 0.6) is 0 Å². The van der Waals surface area contributed by atoms with Crippen LogP contribution in [0.3, 0.4) is 0 Å². The molecule has 0 saturated heterocycles. The summed E-state index contributed by atoms with van der Waals surface area (Å²) in [6.45, 7) is 18.3. The molecule has 0 aromatic rings. The molecule has 6 atom stereocenters. The molecule has 0 spiro atoms. The predicted molar refractivity (Wildman–Crippen MR) is 177 cm³/mol. The number of thiol groups is 1. The molecule has 0 aromatic heterocycles. The molecule has 14 heteroatoms. The molecule has 0 heterocycles. The molecule has 0 unspecified atom stereocenters. The van der Waals surface area contributed by atoms with Gasteiger partial charge in [0.1, 0.15) is 30.2 Å². The average molecular weight is 659 g/mol. The Balaban J connectivity index is 5.97. The van der Waals surface area contributed by atoms with Gasteiger partial charge >= 0.3 is 5.97 Å². The molecule has 5 amide bonds. The number of aliphatic carboxylic acids is 1. The van der Waals surface area contributed by atoms with E-state index in [2.05, 4.69) is 39.2 Å². The first-order chi connectivity index (χ1) is 20.7. The van der Waals surface area contributed by atoms with E-state index in [1.54, 1.807) is 27.7 Å². The quantitative estimate of drug-likeness (QED) is 0.0890. The van der Waals surface area contributed by atoms with Gasteiger partial charge in [0, 0.05) is 5.75 Å². The first-order valence-corrected chi connectivity index (χ1v) is 16.5. The second kappa shape index (κ2) is 20.3. The number of hydrogen-bond donors (Lipinski definition) is 8. The molecular formula is C31H58N6O7S. The summed E-state index contributed by atoms with van der Waals surface area (Å²) >= 11 is 3.97. The molecule has 0 rings (SSSR count). The van der Waals surface area contributed by atoms with Gasteiger partial charge in [0.2, 0.25) is 29.5 Å². The molecule has 45 heavy (non-hydrogen) atoms. The minimum atomic E-state index is -1.26. The zero-order chi connectivity index (χ0) is 35.2. The van der Waals surface area contributed by atoms with Crippen molar-refractivity contribution in [3.8, 4) is 0 Å². The standard InChI is InChI=1S/C31H58N6O7S/c1-15(2)11-20(32)26(38)36-24(18(7)8)29(41)34-21(12-16(3)4)27(39)33-22(13-17(5)6)28(40)37-25(19(9)10)30(42)35-23(14-45)31(43)44/h15-25,45H,11-14,32H2,1-10H3,(H,33,39)(H,34,41)(H,35,42)(H,36,38)(H,37,40)(H,43,44)/t20-,21-,22-,23-,24-,25-/m0/s1. The Morgan fingerprint density at radius 3 is 1.20 bits per heavy atom. The highest BCUT2D eigenvalue weighted by atomic mass is 32.1. The van der Waals surface area contributed by atoms with Crippen LogP contribution in [-0.2, 0) is 28.8 Å². The van der Waals surface area contributed by atoms with E-state index in [-0.39, 0.29) is 42.3 Å². The summed E-state index contributed by atoms with van der Waals surface area (Å²) in [7, 11) is 0. The molecular weight excluding hydrogens is 600 g/mol. The maximum absolute atomic E-state index is 13.6. The topological polar surface area (TPSA) is 209 Å². The number of carboxylic acid groups (broad SMARTS) is 1. The van der Waals surface area contributed by atoms with Gasteiger partial charge < -0.3 is 37.4 Å². The fourth-order valence-corrected chi connectivity index (χ4v) is 4.83. The molecule has 0 radical (unpaired) electrons. The van der Waals surface area contributed by atoms with Gasteiger partial charge in [0.25, 0.3) is 0 Å². The van der Waals surface area contributed by atoms with Crippen molar-refractivity contribution < 1.29 is 33.9 Å². The van der Waals surface area contributed by atoms with E-state index in [0.29, 0.717) is 6.42 Å². The van der Waals surface area contributed by atoms with Crippen molar-refractivity contribution in [2.24, 2.45) is 35.3 Å². The summed E-state index contributed by atoms with van der Waals surface area (Å²) in [6, 6.07) is -6.10. The molecule has 0 fully saturated rings. The highest BCUT2D eigenvalue weighted by molar-refractivity contribution is 7.80. The summed E-state index contributed by atoms with van der Waals surface area (Å²) in [6.07, 6.45) is 0.945. The minimum Gasteiger partial charge on any atom is -0.480 e. The summed E-state index contributed by atoms with van der Waals surface area (Å²) in [4.78, 5) is 77.5. The van der Waals surface area contributed by atoms with Crippen molar-refractivity contribution >= 4 is 48.1 Å². The van der Waals surface area contributed by atoms with Gasteiger partial charge in [-0.3, -0.25) is 24.0 Å². The highest BCUT2D eigenvalue weighted by Gasteiger charge is 2.34. The number of nitrogens with two attached hydrogens (primary N) is 1. The normalized spacial score (nSPS) is 15.7. The minimum absolute atomic E-state index is 0.00647. The van der Waals surface area contributed by atoms with Gasteiger partial charge in [-0.1, -0.05) is 69.2 Å². The van der Waals surface area contributed by atoms with Crippen LogP contribution >= 0.6 is 12.6 Å². The number of amides is 5. The highest BCUT2D eigenvalue weighted by Crippen LogP contribution is 2.12. The molecule has 260 valence electrons. The molecule has 0 aromatic carbocycles. The third-order valence-corrected chi connectivity index (χ3v) is 7.40. The number of nitrogens with one attached hydrogen (secondary N) is 5. The number of carbonyl (C=O) groups is 6. The Hall–Kier alpha value is -2.87. The molecule has 0 aliphatic heterocycles. The van der Waals surface area contributed by atoms with E-state index in [0.717, 1.165) is 0 Å². The van der Waals surface area contributed by atoms with Crippen molar-refractivity contribution in [3.05, 3.63) is 0 Å². The largest absolute Gasteiger partial charge is 0.480 e. The molecule has 0 aliphatic rings. The third-order valence-electron chi connectivity index (χ3n) is 7.03. The van der Waals surface area contributed by atoms with Gasteiger partial charge in [0.15, 0.2) is 0 Å². The summed E-state index contributed by atoms with van der Waals surface area (Å²) in [5.74, 6) is -4.84. The van der Waals surface area contributed by atoms with Crippen LogP contribution < -0.4 is 32.3 Å². The fraction of sp³-hybridized carbons (Fsp3) is 0.806. The molecule has 0 bridgehead atoms. The maximum Gasteiger partial charge on any atom is 0.327 e. The van der Waals surface area contributed by atoms with E-state index in [1.807, 2.05) is 41.5 Å². The second-order valence-corrected chi connectivity index (χ2v) is 14.0. The number of hydrogen-bond acceptors (Lipinski definition) is 8. The second-order valence-electron chi connectivity index (χ2n) is 13.7. The van der Waals surface area contributed by atoms with Gasteiger partial charge in [-0.2, -0.15) is 12.6 Å². The van der Waals surface area contributed by atoms with Crippen molar-refractivity contribution in [1.29, 1.82) is 0 Å². The Bertz CT molecular complexity index is 1000. The zero-order valence-electron chi connectivity index (χ0n) is 28.6. The Kier molecular flexibility index (Phi) is 19.0. The SMILES string of the molecule is CC(C)C[C@H](NC(=O)[C@H](CC(C)C)NC(=O)[C@@H](NC(=O)[C@@H](N)CC(C)C)C(C)C)C(=O)N[C@H](C(=O)N[C@@H](CS)C(=O)O)C(C)C. The van der Waals surface area contributed by atoms with Gasteiger partial charge in [-0.15, -0.1) is 0 Å². The van der Waals surface area contributed by atoms with E-state index in [4.69, 9.17) is 5.73 Å². The van der Waals surface area contributed by atoms with Gasteiger partial charge in [-0.05, 0) is 48.9 Å². The first-order valence-electron chi connectivity index (χ1n) is 15.8. The Labute approximate surface area is 274 Å². The maximum atomic E-state index is 13.6. The Morgan fingerprint density at radius 1 is 0.533 bits per heavy atom. The van der Waals surface area contributed by atoms with Crippen LogP contribution in [0.4, 0.5) is 0 Å². The first kappa shape index (κ1) is 42.1. The third kappa shape index (κ3) is 15.8.